The molecule has 4 aromatic rings. The average molecular weight is 275 g/mol. The van der Waals surface area contributed by atoms with Crippen molar-refractivity contribution in [2.75, 3.05) is 0 Å². The van der Waals surface area contributed by atoms with Crippen LogP contribution in [0.3, 0.4) is 0 Å². The maximum atomic E-state index is 4.77. The molecule has 1 aromatic heterocycles. The number of hydrogen-bond donors (Lipinski definition) is 0. The largest absolute Gasteiger partial charge is 0.236 e. The van der Waals surface area contributed by atoms with Gasteiger partial charge in [-0.1, -0.05) is 42.5 Å². The summed E-state index contributed by atoms with van der Waals surface area (Å²) in [4.78, 5) is 4.77. The summed E-state index contributed by atoms with van der Waals surface area (Å²) in [6.45, 7) is 2.16. The van der Waals surface area contributed by atoms with Gasteiger partial charge in [-0.3, -0.25) is 0 Å². The first-order valence-corrected chi connectivity index (χ1v) is 7.48. The third-order valence-corrected chi connectivity index (χ3v) is 4.69. The monoisotopic (exact) mass is 275 g/mol. The molecule has 0 spiro atoms. The molecule has 0 aliphatic heterocycles. The van der Waals surface area contributed by atoms with Gasteiger partial charge in [0.05, 0.1) is 10.2 Å². The summed E-state index contributed by atoms with van der Waals surface area (Å²) in [6, 6.07) is 21.3. The van der Waals surface area contributed by atoms with Gasteiger partial charge in [0.15, 0.2) is 0 Å². The minimum atomic E-state index is 1.08. The Morgan fingerprint density at radius 3 is 2.35 bits per heavy atom. The Labute approximate surface area is 121 Å². The van der Waals surface area contributed by atoms with E-state index in [1.807, 2.05) is 6.07 Å². The fourth-order valence-electron chi connectivity index (χ4n) is 2.57. The van der Waals surface area contributed by atoms with Gasteiger partial charge in [-0.15, -0.1) is 11.3 Å². The summed E-state index contributed by atoms with van der Waals surface area (Å²) < 4.78 is 1.25. The second-order valence-corrected chi connectivity index (χ2v) is 6.03. The molecule has 0 saturated carbocycles. The first kappa shape index (κ1) is 11.6. The lowest BCUT2D eigenvalue weighted by atomic mass is 10.0. The molecule has 1 nitrogen and oxygen atoms in total. The minimum absolute atomic E-state index is 1.08. The number of hydrogen-bond acceptors (Lipinski definition) is 2. The van der Waals surface area contributed by atoms with Crippen molar-refractivity contribution < 1.29 is 0 Å². The number of para-hydroxylation sites is 1. The van der Waals surface area contributed by atoms with E-state index in [0.717, 1.165) is 10.5 Å². The number of rotatable bonds is 1. The number of nitrogens with zero attached hydrogens (tertiary/aromatic N) is 1. The van der Waals surface area contributed by atoms with Gasteiger partial charge in [-0.05, 0) is 41.5 Å². The Bertz CT molecular complexity index is 888. The van der Waals surface area contributed by atoms with Crippen LogP contribution in [0.15, 0.2) is 60.7 Å². The van der Waals surface area contributed by atoms with Crippen LogP contribution in [0.25, 0.3) is 31.6 Å². The molecule has 0 radical (unpaired) electrons. The molecule has 0 atom stereocenters. The summed E-state index contributed by atoms with van der Waals surface area (Å²) in [5, 5.41) is 3.66. The second-order valence-electron chi connectivity index (χ2n) is 5.00. The Balaban J connectivity index is 1.98. The van der Waals surface area contributed by atoms with Crippen molar-refractivity contribution >= 4 is 32.3 Å². The topological polar surface area (TPSA) is 12.9 Å². The highest BCUT2D eigenvalue weighted by molar-refractivity contribution is 7.21. The molecule has 0 bridgehead atoms. The lowest BCUT2D eigenvalue weighted by Gasteiger charge is -2.05. The van der Waals surface area contributed by atoms with Gasteiger partial charge in [-0.2, -0.15) is 0 Å². The highest BCUT2D eigenvalue weighted by Crippen LogP contribution is 2.34. The van der Waals surface area contributed by atoms with Crippen LogP contribution in [0, 0.1) is 6.92 Å². The summed E-state index contributed by atoms with van der Waals surface area (Å²) in [5.74, 6) is 0. The predicted molar refractivity (Wildman–Crippen MR) is 87.3 cm³/mol. The quantitative estimate of drug-likeness (QED) is 0.451. The highest BCUT2D eigenvalue weighted by Gasteiger charge is 2.09. The molecule has 3 aromatic carbocycles. The third kappa shape index (κ3) is 1.81. The fraction of sp³-hybridized carbons (Fsp3) is 0.0556. The molecule has 0 aliphatic carbocycles. The normalized spacial score (nSPS) is 11.2. The summed E-state index contributed by atoms with van der Waals surface area (Å²) in [7, 11) is 0. The van der Waals surface area contributed by atoms with Crippen molar-refractivity contribution in [2.45, 2.75) is 6.92 Å². The van der Waals surface area contributed by atoms with E-state index >= 15 is 0 Å². The van der Waals surface area contributed by atoms with Gasteiger partial charge in [0.25, 0.3) is 0 Å². The molecule has 0 unspecified atom stereocenters. The molecule has 0 amide bonds. The van der Waals surface area contributed by atoms with Crippen LogP contribution in [0.1, 0.15) is 5.56 Å². The van der Waals surface area contributed by atoms with Crippen LogP contribution in [0.5, 0.6) is 0 Å². The minimum Gasteiger partial charge on any atom is -0.236 e. The molecular formula is C18H13NS. The van der Waals surface area contributed by atoms with E-state index in [9.17, 15) is 0 Å². The first-order chi connectivity index (χ1) is 9.81. The average Bonchev–Trinajstić information content (AvgIpc) is 2.90. The van der Waals surface area contributed by atoms with Crippen molar-refractivity contribution in [3.63, 3.8) is 0 Å². The molecule has 0 aliphatic rings. The van der Waals surface area contributed by atoms with Crippen LogP contribution in [0.4, 0.5) is 0 Å². The van der Waals surface area contributed by atoms with Crippen molar-refractivity contribution in [1.82, 2.24) is 4.98 Å². The zero-order chi connectivity index (χ0) is 13.5. The van der Waals surface area contributed by atoms with E-state index < -0.39 is 0 Å². The summed E-state index contributed by atoms with van der Waals surface area (Å²) in [6.07, 6.45) is 0. The van der Waals surface area contributed by atoms with E-state index in [4.69, 9.17) is 4.98 Å². The molecule has 0 fully saturated rings. The Hall–Kier alpha value is -2.19. The van der Waals surface area contributed by atoms with Crippen LogP contribution < -0.4 is 0 Å². The van der Waals surface area contributed by atoms with Crippen molar-refractivity contribution in [1.29, 1.82) is 0 Å². The van der Waals surface area contributed by atoms with Gasteiger partial charge in [0.1, 0.15) is 5.01 Å². The fourth-order valence-corrected chi connectivity index (χ4v) is 3.62. The molecule has 0 N–H and O–H groups in total. The van der Waals surface area contributed by atoms with Crippen LogP contribution in [0.2, 0.25) is 0 Å². The third-order valence-electron chi connectivity index (χ3n) is 3.62. The smallest absolute Gasteiger partial charge is 0.124 e. The maximum Gasteiger partial charge on any atom is 0.124 e. The van der Waals surface area contributed by atoms with Crippen molar-refractivity contribution in [3.8, 4) is 10.6 Å². The van der Waals surface area contributed by atoms with Crippen molar-refractivity contribution in [2.24, 2.45) is 0 Å². The van der Waals surface area contributed by atoms with Gasteiger partial charge in [0.2, 0.25) is 0 Å². The SMILES string of the molecule is Cc1cc2ccccc2cc1-c1nc2ccccc2s1. The lowest BCUT2D eigenvalue weighted by Crippen LogP contribution is -1.83. The van der Waals surface area contributed by atoms with E-state index in [0.29, 0.717) is 0 Å². The highest BCUT2D eigenvalue weighted by atomic mass is 32.1. The lowest BCUT2D eigenvalue weighted by molar-refractivity contribution is 1.43. The predicted octanol–water partition coefficient (Wildman–Crippen LogP) is 5.42. The summed E-state index contributed by atoms with van der Waals surface area (Å²) in [5.41, 5.74) is 3.60. The second kappa shape index (κ2) is 4.43. The van der Waals surface area contributed by atoms with E-state index in [1.165, 1.54) is 26.6 Å². The standard InChI is InChI=1S/C18H13NS/c1-12-10-13-6-2-3-7-14(13)11-15(12)18-19-16-8-4-5-9-17(16)20-18/h2-11H,1H3. The van der Waals surface area contributed by atoms with Gasteiger partial charge >= 0.3 is 0 Å². The molecule has 2 heteroatoms. The van der Waals surface area contributed by atoms with Crippen LogP contribution in [-0.4, -0.2) is 4.98 Å². The van der Waals surface area contributed by atoms with E-state index in [-0.39, 0.29) is 0 Å². The number of benzene rings is 3. The Morgan fingerprint density at radius 2 is 1.55 bits per heavy atom. The van der Waals surface area contributed by atoms with Gasteiger partial charge in [-0.25, -0.2) is 4.98 Å². The first-order valence-electron chi connectivity index (χ1n) is 6.66. The number of aryl methyl sites for hydroxylation is 1. The van der Waals surface area contributed by atoms with E-state index in [2.05, 4.69) is 61.5 Å². The zero-order valence-corrected chi connectivity index (χ0v) is 11.9. The van der Waals surface area contributed by atoms with Crippen LogP contribution in [-0.2, 0) is 0 Å². The van der Waals surface area contributed by atoms with Crippen molar-refractivity contribution in [3.05, 3.63) is 66.2 Å². The molecule has 1 heterocycles. The Morgan fingerprint density at radius 1 is 0.850 bits per heavy atom. The maximum absolute atomic E-state index is 4.77. The van der Waals surface area contributed by atoms with E-state index in [1.54, 1.807) is 11.3 Å². The number of thiazole rings is 1. The van der Waals surface area contributed by atoms with Gasteiger partial charge < -0.3 is 0 Å². The molecular weight excluding hydrogens is 262 g/mol. The molecule has 4 rings (SSSR count). The molecule has 20 heavy (non-hydrogen) atoms. The van der Waals surface area contributed by atoms with Crippen LogP contribution >= 0.6 is 11.3 Å². The van der Waals surface area contributed by atoms with Gasteiger partial charge in [0, 0.05) is 5.56 Å². The number of fused-ring (bicyclic) bond motifs is 2. The Kier molecular flexibility index (Phi) is 2.57. The molecule has 96 valence electrons. The zero-order valence-electron chi connectivity index (χ0n) is 11.1. The molecule has 0 saturated heterocycles. The number of aromatic nitrogens is 1. The summed E-state index contributed by atoms with van der Waals surface area (Å²) >= 11 is 1.76.